The van der Waals surface area contributed by atoms with Gasteiger partial charge in [0.2, 0.25) is 0 Å². The lowest BCUT2D eigenvalue weighted by atomic mass is 10.1. The molecular formula is C17H25N3O2. The fraction of sp³-hybridized carbons (Fsp3) is 0.412. The Balaban J connectivity index is 0.000000745. The molecule has 5 nitrogen and oxygen atoms in total. The van der Waals surface area contributed by atoms with Gasteiger partial charge in [-0.1, -0.05) is 32.4 Å². The molecule has 5 heteroatoms. The van der Waals surface area contributed by atoms with Crippen molar-refractivity contribution in [2.75, 3.05) is 12.4 Å². The molecule has 1 heterocycles. The molecule has 0 aliphatic carbocycles. The summed E-state index contributed by atoms with van der Waals surface area (Å²) in [5.41, 5.74) is 1.43. The van der Waals surface area contributed by atoms with Crippen molar-refractivity contribution in [1.29, 1.82) is 0 Å². The van der Waals surface area contributed by atoms with Crippen molar-refractivity contribution in [2.45, 2.75) is 40.2 Å². The Hall–Kier alpha value is -2.30. The summed E-state index contributed by atoms with van der Waals surface area (Å²) in [6, 6.07) is 7.83. The fourth-order valence-electron chi connectivity index (χ4n) is 1.68. The van der Waals surface area contributed by atoms with Gasteiger partial charge in [-0.15, -0.1) is 0 Å². The maximum Gasteiger partial charge on any atom is 0.294 e. The van der Waals surface area contributed by atoms with Crippen molar-refractivity contribution in [3.8, 4) is 11.3 Å². The van der Waals surface area contributed by atoms with Crippen molar-refractivity contribution in [2.24, 2.45) is 0 Å². The molecular weight excluding hydrogens is 278 g/mol. The topological polar surface area (TPSA) is 67.2 Å². The maximum absolute atomic E-state index is 11.9. The fourth-order valence-corrected chi connectivity index (χ4v) is 1.68. The number of oxazole rings is 1. The van der Waals surface area contributed by atoms with Gasteiger partial charge in [0, 0.05) is 24.2 Å². The van der Waals surface area contributed by atoms with Gasteiger partial charge in [-0.25, -0.2) is 4.98 Å². The molecule has 0 fully saturated rings. The minimum atomic E-state index is -0.0924. The monoisotopic (exact) mass is 303 g/mol. The molecule has 0 aliphatic rings. The second kappa shape index (κ2) is 8.87. The normalized spacial score (nSPS) is 9.91. The number of carbonyl (C=O) groups excluding carboxylic acids is 1. The highest BCUT2D eigenvalue weighted by Gasteiger charge is 2.10. The van der Waals surface area contributed by atoms with Gasteiger partial charge in [0.1, 0.15) is 0 Å². The van der Waals surface area contributed by atoms with E-state index in [1.54, 1.807) is 25.4 Å². The molecule has 0 saturated heterocycles. The first-order valence-electron chi connectivity index (χ1n) is 7.56. The number of hydrogen-bond acceptors (Lipinski definition) is 4. The highest BCUT2D eigenvalue weighted by Crippen LogP contribution is 2.23. The van der Waals surface area contributed by atoms with E-state index in [-0.39, 0.29) is 11.9 Å². The molecule has 1 amide bonds. The quantitative estimate of drug-likeness (QED) is 0.898. The molecule has 0 bridgehead atoms. The standard InChI is InChI=1S/C14H17N3O2.C3H8/c1-9(2)17-13(18)11-6-4-5-10(7-11)12-8-16-14(15-3)19-12;1-3-2/h4-9H,1-3H3,(H,15,16)(H,17,18);3H2,1-2H3. The highest BCUT2D eigenvalue weighted by atomic mass is 16.4. The van der Waals surface area contributed by atoms with E-state index >= 15 is 0 Å². The molecule has 0 radical (unpaired) electrons. The van der Waals surface area contributed by atoms with E-state index < -0.39 is 0 Å². The van der Waals surface area contributed by atoms with E-state index in [1.807, 2.05) is 26.0 Å². The van der Waals surface area contributed by atoms with Crippen molar-refractivity contribution < 1.29 is 9.21 Å². The molecule has 0 atom stereocenters. The Morgan fingerprint density at radius 3 is 2.55 bits per heavy atom. The summed E-state index contributed by atoms with van der Waals surface area (Å²) in [6.45, 7) is 8.11. The van der Waals surface area contributed by atoms with Gasteiger partial charge in [-0.3, -0.25) is 4.79 Å². The second-order valence-corrected chi connectivity index (χ2v) is 5.20. The summed E-state index contributed by atoms with van der Waals surface area (Å²) in [4.78, 5) is 16.0. The largest absolute Gasteiger partial charge is 0.424 e. The lowest BCUT2D eigenvalue weighted by Gasteiger charge is -2.08. The highest BCUT2D eigenvalue weighted by molar-refractivity contribution is 5.95. The average Bonchev–Trinajstić information content (AvgIpc) is 2.96. The number of nitrogens with zero attached hydrogens (tertiary/aromatic N) is 1. The van der Waals surface area contributed by atoms with Gasteiger partial charge in [0.05, 0.1) is 6.20 Å². The summed E-state index contributed by atoms with van der Waals surface area (Å²) >= 11 is 0. The predicted molar refractivity (Wildman–Crippen MR) is 90.1 cm³/mol. The zero-order valence-corrected chi connectivity index (χ0v) is 13.9. The third-order valence-electron chi connectivity index (χ3n) is 2.55. The summed E-state index contributed by atoms with van der Waals surface area (Å²) in [7, 11) is 1.74. The van der Waals surface area contributed by atoms with Crippen LogP contribution in [0.3, 0.4) is 0 Å². The van der Waals surface area contributed by atoms with Gasteiger partial charge in [-0.05, 0) is 26.0 Å². The van der Waals surface area contributed by atoms with Crippen LogP contribution >= 0.6 is 0 Å². The molecule has 120 valence electrons. The van der Waals surface area contributed by atoms with Crippen LogP contribution in [-0.4, -0.2) is 24.0 Å². The van der Waals surface area contributed by atoms with Crippen LogP contribution in [0.4, 0.5) is 6.01 Å². The van der Waals surface area contributed by atoms with E-state index in [1.165, 1.54) is 6.42 Å². The van der Waals surface area contributed by atoms with Crippen LogP contribution in [0.15, 0.2) is 34.9 Å². The number of nitrogens with one attached hydrogen (secondary N) is 2. The Labute approximate surface area is 132 Å². The zero-order valence-electron chi connectivity index (χ0n) is 13.9. The average molecular weight is 303 g/mol. The number of aromatic nitrogens is 1. The van der Waals surface area contributed by atoms with Crippen molar-refractivity contribution >= 4 is 11.9 Å². The van der Waals surface area contributed by atoms with Crippen LogP contribution in [0.5, 0.6) is 0 Å². The number of anilines is 1. The summed E-state index contributed by atoms with van der Waals surface area (Å²) in [5, 5.41) is 5.68. The first-order valence-corrected chi connectivity index (χ1v) is 7.56. The first-order chi connectivity index (χ1) is 10.5. The van der Waals surface area contributed by atoms with E-state index in [0.29, 0.717) is 17.3 Å². The molecule has 22 heavy (non-hydrogen) atoms. The van der Waals surface area contributed by atoms with Crippen molar-refractivity contribution in [1.82, 2.24) is 10.3 Å². The lowest BCUT2D eigenvalue weighted by molar-refractivity contribution is 0.0943. The van der Waals surface area contributed by atoms with Crippen LogP contribution in [-0.2, 0) is 0 Å². The minimum absolute atomic E-state index is 0.0924. The van der Waals surface area contributed by atoms with Gasteiger partial charge >= 0.3 is 0 Å². The summed E-state index contributed by atoms with van der Waals surface area (Å²) in [5.74, 6) is 0.536. The van der Waals surface area contributed by atoms with Gasteiger partial charge in [0.25, 0.3) is 11.9 Å². The van der Waals surface area contributed by atoms with Crippen LogP contribution in [0.25, 0.3) is 11.3 Å². The first kappa shape index (κ1) is 17.8. The lowest BCUT2D eigenvalue weighted by Crippen LogP contribution is -2.29. The number of carbonyl (C=O) groups is 1. The Kier molecular flexibility index (Phi) is 7.16. The molecule has 2 rings (SSSR count). The van der Waals surface area contributed by atoms with Gasteiger partial charge in [-0.2, -0.15) is 0 Å². The van der Waals surface area contributed by atoms with E-state index in [0.717, 1.165) is 5.56 Å². The number of rotatable bonds is 4. The van der Waals surface area contributed by atoms with E-state index in [4.69, 9.17) is 4.42 Å². The van der Waals surface area contributed by atoms with Crippen molar-refractivity contribution in [3.05, 3.63) is 36.0 Å². The van der Waals surface area contributed by atoms with Gasteiger partial charge in [0.15, 0.2) is 5.76 Å². The molecule has 2 N–H and O–H groups in total. The third kappa shape index (κ3) is 5.24. The zero-order chi connectivity index (χ0) is 16.5. The third-order valence-corrected chi connectivity index (χ3v) is 2.55. The number of amides is 1. The van der Waals surface area contributed by atoms with Crippen LogP contribution in [0.1, 0.15) is 44.5 Å². The Morgan fingerprint density at radius 2 is 2.00 bits per heavy atom. The van der Waals surface area contributed by atoms with Crippen LogP contribution in [0, 0.1) is 0 Å². The number of benzene rings is 1. The smallest absolute Gasteiger partial charge is 0.294 e. The summed E-state index contributed by atoms with van der Waals surface area (Å²) in [6.07, 6.45) is 2.88. The molecule has 1 aromatic heterocycles. The van der Waals surface area contributed by atoms with E-state index in [9.17, 15) is 4.79 Å². The van der Waals surface area contributed by atoms with Gasteiger partial charge < -0.3 is 15.1 Å². The molecule has 2 aromatic rings. The molecule has 0 saturated carbocycles. The van der Waals surface area contributed by atoms with Crippen LogP contribution in [0.2, 0.25) is 0 Å². The molecule has 0 unspecified atom stereocenters. The SMILES string of the molecule is CCC.CNc1ncc(-c2cccc(C(=O)NC(C)C)c2)o1. The van der Waals surface area contributed by atoms with Crippen molar-refractivity contribution in [3.63, 3.8) is 0 Å². The van der Waals surface area contributed by atoms with Crippen LogP contribution < -0.4 is 10.6 Å². The Morgan fingerprint density at radius 1 is 1.32 bits per heavy atom. The summed E-state index contributed by atoms with van der Waals surface area (Å²) < 4.78 is 5.48. The number of hydrogen-bond donors (Lipinski definition) is 2. The minimum Gasteiger partial charge on any atom is -0.424 e. The second-order valence-electron chi connectivity index (χ2n) is 5.20. The van der Waals surface area contributed by atoms with E-state index in [2.05, 4.69) is 29.5 Å². The molecule has 1 aromatic carbocycles. The Bertz CT molecular complexity index is 591. The molecule has 0 aliphatic heterocycles. The molecule has 0 spiro atoms. The predicted octanol–water partition coefficient (Wildman–Crippen LogP) is 3.94. The maximum atomic E-state index is 11.9.